The van der Waals surface area contributed by atoms with E-state index in [0.29, 0.717) is 28.7 Å². The third-order valence-electron chi connectivity index (χ3n) is 3.93. The Morgan fingerprint density at radius 1 is 1.10 bits per heavy atom. The van der Waals surface area contributed by atoms with Crippen LogP contribution in [-0.2, 0) is 4.79 Å². The molecule has 0 unspecified atom stereocenters. The molecular weight excluding hydrogens is 426 g/mol. The van der Waals surface area contributed by atoms with Crippen LogP contribution in [0.15, 0.2) is 42.5 Å². The van der Waals surface area contributed by atoms with Gasteiger partial charge in [-0.3, -0.25) is 25.8 Å². The molecule has 2 rings (SSSR count). The first kappa shape index (κ1) is 23.4. The number of para-hydroxylation sites is 1. The van der Waals surface area contributed by atoms with Crippen LogP contribution in [0.5, 0.6) is 11.5 Å². The van der Waals surface area contributed by atoms with Crippen LogP contribution in [0.4, 0.5) is 0 Å². The second kappa shape index (κ2) is 12.0. The van der Waals surface area contributed by atoms with Gasteiger partial charge in [0.05, 0.1) is 12.2 Å². The highest BCUT2D eigenvalue weighted by atomic mass is 35.5. The first-order valence-corrected chi connectivity index (χ1v) is 10.2. The number of carbonyl (C=O) groups excluding carboxylic acids is 2. The summed E-state index contributed by atoms with van der Waals surface area (Å²) in [6, 6.07) is 12.0. The standard InChI is InChI=1S/C21H24ClN3O4S/c1-3-4-11-28-18-8-6-5-7-16(18)20(27)23-21(30)25-24-19(26)13-29-15-9-10-17(22)14(2)12-15/h5-10,12H,3-4,11,13H2,1-2H3,(H,24,26)(H2,23,25,27,30). The molecule has 0 saturated carbocycles. The summed E-state index contributed by atoms with van der Waals surface area (Å²) in [7, 11) is 0. The number of unbranched alkanes of at least 4 members (excludes halogenated alkanes) is 1. The lowest BCUT2D eigenvalue weighted by Gasteiger charge is -2.13. The van der Waals surface area contributed by atoms with Gasteiger partial charge >= 0.3 is 0 Å². The van der Waals surface area contributed by atoms with Gasteiger partial charge in [-0.05, 0) is 61.5 Å². The molecule has 0 aliphatic heterocycles. The Bertz CT molecular complexity index is 908. The Kier molecular flexibility index (Phi) is 9.37. The van der Waals surface area contributed by atoms with Gasteiger partial charge in [0.25, 0.3) is 11.8 Å². The molecule has 0 bridgehead atoms. The highest BCUT2D eigenvalue weighted by Gasteiger charge is 2.14. The molecule has 2 amide bonds. The molecule has 0 heterocycles. The third-order valence-corrected chi connectivity index (χ3v) is 4.56. The number of halogens is 1. The van der Waals surface area contributed by atoms with Gasteiger partial charge in [-0.15, -0.1) is 0 Å². The Balaban J connectivity index is 1.79. The van der Waals surface area contributed by atoms with Gasteiger partial charge in [-0.2, -0.15) is 0 Å². The maximum atomic E-state index is 12.5. The Labute approximate surface area is 186 Å². The van der Waals surface area contributed by atoms with Gasteiger partial charge in [-0.1, -0.05) is 37.1 Å². The summed E-state index contributed by atoms with van der Waals surface area (Å²) in [4.78, 5) is 24.4. The molecule has 7 nitrogen and oxygen atoms in total. The van der Waals surface area contributed by atoms with Gasteiger partial charge in [-0.25, -0.2) is 0 Å². The average molecular weight is 450 g/mol. The fourth-order valence-electron chi connectivity index (χ4n) is 2.33. The molecule has 0 atom stereocenters. The van der Waals surface area contributed by atoms with E-state index >= 15 is 0 Å². The predicted octanol–water partition coefficient (Wildman–Crippen LogP) is 3.54. The first-order chi connectivity index (χ1) is 14.4. The number of thiocarbonyl (C=S) groups is 1. The SMILES string of the molecule is CCCCOc1ccccc1C(=O)NC(=S)NNC(=O)COc1ccc(Cl)c(C)c1. The van der Waals surface area contributed by atoms with Crippen molar-refractivity contribution < 1.29 is 19.1 Å². The summed E-state index contributed by atoms with van der Waals surface area (Å²) in [5.41, 5.74) is 6.03. The van der Waals surface area contributed by atoms with Crippen LogP contribution in [0.1, 0.15) is 35.7 Å². The zero-order valence-corrected chi connectivity index (χ0v) is 18.4. The van der Waals surface area contributed by atoms with Crippen molar-refractivity contribution >= 4 is 40.7 Å². The molecule has 30 heavy (non-hydrogen) atoms. The predicted molar refractivity (Wildman–Crippen MR) is 120 cm³/mol. The molecule has 0 aliphatic carbocycles. The lowest BCUT2D eigenvalue weighted by atomic mass is 10.2. The number of hydrogen-bond acceptors (Lipinski definition) is 5. The molecule has 3 N–H and O–H groups in total. The monoisotopic (exact) mass is 449 g/mol. The summed E-state index contributed by atoms with van der Waals surface area (Å²) in [6.07, 6.45) is 1.88. The number of ether oxygens (including phenoxy) is 2. The zero-order valence-electron chi connectivity index (χ0n) is 16.8. The minimum absolute atomic E-state index is 0.0564. The lowest BCUT2D eigenvalue weighted by Crippen LogP contribution is -2.49. The number of rotatable bonds is 8. The molecule has 0 aromatic heterocycles. The van der Waals surface area contributed by atoms with Crippen molar-refractivity contribution in [2.45, 2.75) is 26.7 Å². The van der Waals surface area contributed by atoms with E-state index in [2.05, 4.69) is 23.1 Å². The average Bonchev–Trinajstić information content (AvgIpc) is 2.73. The second-order valence-corrected chi connectivity index (χ2v) is 7.17. The highest BCUT2D eigenvalue weighted by molar-refractivity contribution is 7.80. The summed E-state index contributed by atoms with van der Waals surface area (Å²) >= 11 is 11.0. The topological polar surface area (TPSA) is 88.7 Å². The molecule has 160 valence electrons. The normalized spacial score (nSPS) is 10.1. The smallest absolute Gasteiger partial charge is 0.276 e. The van der Waals surface area contributed by atoms with Gasteiger partial charge in [0, 0.05) is 5.02 Å². The molecule has 2 aromatic rings. The molecule has 0 spiro atoms. The summed E-state index contributed by atoms with van der Waals surface area (Å²) < 4.78 is 11.0. The van der Waals surface area contributed by atoms with E-state index in [-0.39, 0.29) is 11.7 Å². The summed E-state index contributed by atoms with van der Waals surface area (Å²) in [5, 5.41) is 3.06. The van der Waals surface area contributed by atoms with Crippen molar-refractivity contribution in [3.8, 4) is 11.5 Å². The summed E-state index contributed by atoms with van der Waals surface area (Å²) in [5.74, 6) is 0.0776. The third kappa shape index (κ3) is 7.53. The van der Waals surface area contributed by atoms with Crippen LogP contribution >= 0.6 is 23.8 Å². The number of hydrogen-bond donors (Lipinski definition) is 3. The molecular formula is C21H24ClN3O4S. The van der Waals surface area contributed by atoms with Crippen molar-refractivity contribution in [1.29, 1.82) is 0 Å². The van der Waals surface area contributed by atoms with Crippen LogP contribution < -0.4 is 25.6 Å². The maximum Gasteiger partial charge on any atom is 0.276 e. The number of amides is 2. The van der Waals surface area contributed by atoms with Crippen LogP contribution in [0.3, 0.4) is 0 Å². The Morgan fingerprint density at radius 2 is 1.87 bits per heavy atom. The van der Waals surface area contributed by atoms with Crippen LogP contribution in [0.25, 0.3) is 0 Å². The van der Waals surface area contributed by atoms with E-state index < -0.39 is 11.8 Å². The number of hydrazine groups is 1. The van der Waals surface area contributed by atoms with Crippen molar-refractivity contribution in [3.63, 3.8) is 0 Å². The Morgan fingerprint density at radius 3 is 2.60 bits per heavy atom. The zero-order chi connectivity index (χ0) is 21.9. The van der Waals surface area contributed by atoms with Gasteiger partial charge in [0.15, 0.2) is 11.7 Å². The van der Waals surface area contributed by atoms with Gasteiger partial charge in [0.1, 0.15) is 11.5 Å². The largest absolute Gasteiger partial charge is 0.493 e. The van der Waals surface area contributed by atoms with Gasteiger partial charge < -0.3 is 9.47 Å². The number of aryl methyl sites for hydroxylation is 1. The molecule has 0 radical (unpaired) electrons. The van der Waals surface area contributed by atoms with Crippen molar-refractivity contribution in [2.24, 2.45) is 0 Å². The van der Waals surface area contributed by atoms with E-state index in [4.69, 9.17) is 33.3 Å². The van der Waals surface area contributed by atoms with Crippen LogP contribution in [-0.4, -0.2) is 30.1 Å². The van der Waals surface area contributed by atoms with Crippen LogP contribution in [0.2, 0.25) is 5.02 Å². The summed E-state index contributed by atoms with van der Waals surface area (Å²) in [6.45, 7) is 4.18. The van der Waals surface area contributed by atoms with Crippen molar-refractivity contribution in [1.82, 2.24) is 16.2 Å². The minimum atomic E-state index is -0.470. The highest BCUT2D eigenvalue weighted by Crippen LogP contribution is 2.21. The maximum absolute atomic E-state index is 12.5. The first-order valence-electron chi connectivity index (χ1n) is 9.41. The van der Waals surface area contributed by atoms with Crippen molar-refractivity contribution in [2.75, 3.05) is 13.2 Å². The Hall–Kier alpha value is -2.84. The van der Waals surface area contributed by atoms with E-state index in [0.717, 1.165) is 18.4 Å². The van der Waals surface area contributed by atoms with Crippen molar-refractivity contribution in [3.05, 3.63) is 58.6 Å². The van der Waals surface area contributed by atoms with E-state index in [9.17, 15) is 9.59 Å². The number of benzene rings is 2. The van der Waals surface area contributed by atoms with Crippen LogP contribution in [0, 0.1) is 6.92 Å². The van der Waals surface area contributed by atoms with E-state index in [1.165, 1.54) is 0 Å². The number of nitrogens with one attached hydrogen (secondary N) is 3. The fourth-order valence-corrected chi connectivity index (χ4v) is 2.59. The van der Waals surface area contributed by atoms with E-state index in [1.807, 2.05) is 6.92 Å². The molecule has 9 heteroatoms. The second-order valence-electron chi connectivity index (χ2n) is 6.35. The number of carbonyl (C=O) groups is 2. The lowest BCUT2D eigenvalue weighted by molar-refractivity contribution is -0.123. The molecule has 2 aromatic carbocycles. The molecule has 0 aliphatic rings. The fraction of sp³-hybridized carbons (Fsp3) is 0.286. The van der Waals surface area contributed by atoms with Gasteiger partial charge in [0.2, 0.25) is 0 Å². The molecule has 0 saturated heterocycles. The molecule has 0 fully saturated rings. The minimum Gasteiger partial charge on any atom is -0.493 e. The van der Waals surface area contributed by atoms with E-state index in [1.54, 1.807) is 42.5 Å². The quantitative estimate of drug-likeness (QED) is 0.324.